The number of carbonyl (C=O) groups is 2. The Morgan fingerprint density at radius 2 is 1.80 bits per heavy atom. The molecule has 25 heavy (non-hydrogen) atoms. The summed E-state index contributed by atoms with van der Waals surface area (Å²) in [5.41, 5.74) is 1.10. The van der Waals surface area contributed by atoms with Crippen LogP contribution in [-0.2, 0) is 23.0 Å². The van der Waals surface area contributed by atoms with Crippen molar-refractivity contribution in [2.45, 2.75) is 13.0 Å². The number of carbonyl (C=O) groups excluding carboxylic acids is 1. The minimum Gasteiger partial charge on any atom is -0.478 e. The van der Waals surface area contributed by atoms with E-state index < -0.39 is 21.9 Å². The molecule has 0 spiro atoms. The highest BCUT2D eigenvalue weighted by Gasteiger charge is 2.12. The summed E-state index contributed by atoms with van der Waals surface area (Å²) in [4.78, 5) is 22.7. The van der Waals surface area contributed by atoms with Crippen LogP contribution in [0.2, 0.25) is 0 Å². The number of benzene rings is 1. The number of rotatable bonds is 8. The third-order valence-electron chi connectivity index (χ3n) is 3.29. The van der Waals surface area contributed by atoms with Crippen LogP contribution < -0.4 is 10.0 Å². The minimum atomic E-state index is -3.33. The molecule has 3 N–H and O–H groups in total. The van der Waals surface area contributed by atoms with Gasteiger partial charge in [-0.05, 0) is 36.2 Å². The fourth-order valence-electron chi connectivity index (χ4n) is 2.02. The first-order valence-corrected chi connectivity index (χ1v) is 9.27. The summed E-state index contributed by atoms with van der Waals surface area (Å²) in [6, 6.07) is 9.39. The summed E-state index contributed by atoms with van der Waals surface area (Å²) in [5.74, 6) is -0.974. The van der Waals surface area contributed by atoms with Gasteiger partial charge >= 0.3 is 5.97 Å². The van der Waals surface area contributed by atoms with Gasteiger partial charge in [-0.15, -0.1) is 0 Å². The SMILES string of the molecule is CS(=O)(=O)NCc1ccc(C(=O)NCCc2ccc(C(=O)O)cc2)o1. The van der Waals surface area contributed by atoms with E-state index in [4.69, 9.17) is 9.52 Å². The van der Waals surface area contributed by atoms with Crippen molar-refractivity contribution in [2.24, 2.45) is 0 Å². The van der Waals surface area contributed by atoms with Crippen LogP contribution in [0.4, 0.5) is 0 Å². The first-order valence-electron chi connectivity index (χ1n) is 7.38. The predicted octanol–water partition coefficient (Wildman–Crippen LogP) is 0.999. The Morgan fingerprint density at radius 3 is 2.40 bits per heavy atom. The van der Waals surface area contributed by atoms with Crippen molar-refractivity contribution in [3.63, 3.8) is 0 Å². The van der Waals surface area contributed by atoms with Gasteiger partial charge in [0.1, 0.15) is 5.76 Å². The Balaban J connectivity index is 1.82. The molecule has 2 aromatic rings. The number of carboxylic acid groups (broad SMARTS) is 1. The highest BCUT2D eigenvalue weighted by atomic mass is 32.2. The van der Waals surface area contributed by atoms with Crippen LogP contribution in [-0.4, -0.2) is 38.2 Å². The number of carboxylic acids is 1. The molecule has 1 heterocycles. The molecule has 9 heteroatoms. The lowest BCUT2D eigenvalue weighted by atomic mass is 10.1. The van der Waals surface area contributed by atoms with E-state index in [0.29, 0.717) is 18.7 Å². The molecule has 0 unspecified atom stereocenters. The quantitative estimate of drug-likeness (QED) is 0.640. The van der Waals surface area contributed by atoms with Crippen LogP contribution in [0.15, 0.2) is 40.8 Å². The lowest BCUT2D eigenvalue weighted by Crippen LogP contribution is -2.25. The van der Waals surface area contributed by atoms with E-state index in [1.807, 2.05) is 0 Å². The van der Waals surface area contributed by atoms with Gasteiger partial charge in [0.15, 0.2) is 5.76 Å². The van der Waals surface area contributed by atoms with Crippen molar-refractivity contribution in [3.05, 3.63) is 59.0 Å². The van der Waals surface area contributed by atoms with Crippen molar-refractivity contribution in [1.82, 2.24) is 10.0 Å². The number of amides is 1. The summed E-state index contributed by atoms with van der Waals surface area (Å²) in [5, 5.41) is 11.5. The molecule has 1 aromatic carbocycles. The number of sulfonamides is 1. The third-order valence-corrected chi connectivity index (χ3v) is 3.96. The van der Waals surface area contributed by atoms with E-state index in [0.717, 1.165) is 11.8 Å². The molecule has 0 aliphatic heterocycles. The molecule has 0 saturated carbocycles. The minimum absolute atomic E-state index is 0.0258. The second kappa shape index (κ2) is 7.95. The van der Waals surface area contributed by atoms with E-state index in [1.54, 1.807) is 12.1 Å². The van der Waals surface area contributed by atoms with Crippen molar-refractivity contribution in [1.29, 1.82) is 0 Å². The molecule has 0 aliphatic carbocycles. The smallest absolute Gasteiger partial charge is 0.335 e. The second-order valence-electron chi connectivity index (χ2n) is 5.37. The van der Waals surface area contributed by atoms with Gasteiger partial charge in [-0.1, -0.05) is 12.1 Å². The van der Waals surface area contributed by atoms with Crippen LogP contribution in [0, 0.1) is 0 Å². The largest absolute Gasteiger partial charge is 0.478 e. The molecule has 0 radical (unpaired) electrons. The van der Waals surface area contributed by atoms with Gasteiger partial charge in [-0.2, -0.15) is 0 Å². The topological polar surface area (TPSA) is 126 Å². The lowest BCUT2D eigenvalue weighted by molar-refractivity contribution is 0.0696. The first-order chi connectivity index (χ1) is 11.7. The first kappa shape index (κ1) is 18.7. The van der Waals surface area contributed by atoms with E-state index in [2.05, 4.69) is 10.0 Å². The highest BCUT2D eigenvalue weighted by Crippen LogP contribution is 2.08. The van der Waals surface area contributed by atoms with E-state index in [9.17, 15) is 18.0 Å². The highest BCUT2D eigenvalue weighted by molar-refractivity contribution is 7.88. The molecular weight excluding hydrogens is 348 g/mol. The molecule has 0 fully saturated rings. The maximum Gasteiger partial charge on any atom is 0.335 e. The maximum absolute atomic E-state index is 12.0. The lowest BCUT2D eigenvalue weighted by Gasteiger charge is -2.04. The summed E-state index contributed by atoms with van der Waals surface area (Å²) in [6.07, 6.45) is 1.57. The summed E-state index contributed by atoms with van der Waals surface area (Å²) in [7, 11) is -3.33. The van der Waals surface area contributed by atoms with Gasteiger partial charge in [-0.25, -0.2) is 17.9 Å². The Morgan fingerprint density at radius 1 is 1.12 bits per heavy atom. The predicted molar refractivity (Wildman–Crippen MR) is 89.8 cm³/mol. The van der Waals surface area contributed by atoms with Gasteiger partial charge < -0.3 is 14.8 Å². The number of hydrogen-bond acceptors (Lipinski definition) is 5. The van der Waals surface area contributed by atoms with Crippen molar-refractivity contribution >= 4 is 21.9 Å². The van der Waals surface area contributed by atoms with Crippen LogP contribution >= 0.6 is 0 Å². The van der Waals surface area contributed by atoms with E-state index in [1.165, 1.54) is 24.3 Å². The molecule has 8 nitrogen and oxygen atoms in total. The van der Waals surface area contributed by atoms with Gasteiger partial charge in [-0.3, -0.25) is 4.79 Å². The molecule has 2 rings (SSSR count). The van der Waals surface area contributed by atoms with Crippen molar-refractivity contribution in [2.75, 3.05) is 12.8 Å². The molecule has 0 bridgehead atoms. The van der Waals surface area contributed by atoms with Gasteiger partial charge in [0.05, 0.1) is 18.4 Å². The monoisotopic (exact) mass is 366 g/mol. The Kier molecular flexibility index (Phi) is 5.94. The second-order valence-corrected chi connectivity index (χ2v) is 7.20. The zero-order valence-corrected chi connectivity index (χ0v) is 14.3. The summed E-state index contributed by atoms with van der Waals surface area (Å²) in [6.45, 7) is 0.324. The van der Waals surface area contributed by atoms with E-state index in [-0.39, 0.29) is 17.9 Å². The standard InChI is InChI=1S/C16H18N2O6S/c1-25(22,23)18-10-13-6-7-14(24-13)15(19)17-9-8-11-2-4-12(5-3-11)16(20)21/h2-7,18H,8-10H2,1H3,(H,17,19)(H,20,21). The van der Waals surface area contributed by atoms with Crippen LogP contribution in [0.25, 0.3) is 0 Å². The molecule has 1 amide bonds. The molecule has 1 aromatic heterocycles. The number of aromatic carboxylic acids is 1. The molecule has 134 valence electrons. The zero-order chi connectivity index (χ0) is 18.4. The zero-order valence-electron chi connectivity index (χ0n) is 13.5. The normalized spacial score (nSPS) is 11.2. The maximum atomic E-state index is 12.0. The third kappa shape index (κ3) is 6.05. The van der Waals surface area contributed by atoms with Gasteiger partial charge in [0.25, 0.3) is 5.91 Å². The molecule has 0 atom stereocenters. The summed E-state index contributed by atoms with van der Waals surface area (Å²) < 4.78 is 29.6. The summed E-state index contributed by atoms with van der Waals surface area (Å²) >= 11 is 0. The Bertz CT molecular complexity index is 855. The Labute approximate surface area is 144 Å². The van der Waals surface area contributed by atoms with Crippen molar-refractivity contribution < 1.29 is 27.5 Å². The van der Waals surface area contributed by atoms with Crippen molar-refractivity contribution in [3.8, 4) is 0 Å². The van der Waals surface area contributed by atoms with Crippen LogP contribution in [0.1, 0.15) is 32.2 Å². The fraction of sp³-hybridized carbons (Fsp3) is 0.250. The molecule has 0 saturated heterocycles. The fourth-order valence-corrected chi connectivity index (χ4v) is 2.42. The van der Waals surface area contributed by atoms with Gasteiger partial charge in [0.2, 0.25) is 10.0 Å². The number of furan rings is 1. The van der Waals surface area contributed by atoms with E-state index >= 15 is 0 Å². The van der Waals surface area contributed by atoms with Crippen LogP contribution in [0.5, 0.6) is 0 Å². The van der Waals surface area contributed by atoms with Crippen LogP contribution in [0.3, 0.4) is 0 Å². The van der Waals surface area contributed by atoms with Gasteiger partial charge in [0, 0.05) is 6.54 Å². The molecule has 0 aliphatic rings. The average molecular weight is 366 g/mol. The average Bonchev–Trinajstić information content (AvgIpc) is 3.02. The number of nitrogens with one attached hydrogen (secondary N) is 2. The number of hydrogen-bond donors (Lipinski definition) is 3. The molecular formula is C16H18N2O6S. The Hall–Kier alpha value is -2.65.